The van der Waals surface area contributed by atoms with Gasteiger partial charge in [0.25, 0.3) is 0 Å². The Morgan fingerprint density at radius 2 is 0.543 bits per heavy atom. The van der Waals surface area contributed by atoms with Crippen LogP contribution in [-0.4, -0.2) is 4.98 Å². The van der Waals surface area contributed by atoms with Crippen LogP contribution >= 0.6 is 47.0 Å². The molecule has 0 saturated carbocycles. The normalized spacial score (nSPS) is 13.6. The fourth-order valence-electron chi connectivity index (χ4n) is 10.0. The molecule has 10 aromatic rings. The van der Waals surface area contributed by atoms with Crippen molar-refractivity contribution in [3.63, 3.8) is 0 Å². The summed E-state index contributed by atoms with van der Waals surface area (Å²) in [6.45, 7) is 0. The van der Waals surface area contributed by atoms with Crippen molar-refractivity contribution in [1.29, 1.82) is 5.26 Å². The Morgan fingerprint density at radius 1 is 0.300 bits per heavy atom. The van der Waals surface area contributed by atoms with E-state index in [1.165, 1.54) is 0 Å². The minimum Gasteiger partial charge on any atom is -0.304 e. The number of pyridine rings is 1. The molecule has 4 aliphatic rings. The van der Waals surface area contributed by atoms with Crippen molar-refractivity contribution in [3.05, 3.63) is 224 Å². The number of nitrogens with zero attached hydrogens (tertiary/aromatic N) is 6. The summed E-state index contributed by atoms with van der Waals surface area (Å²) in [6, 6.07) is 80.3. The first-order chi connectivity index (χ1) is 34.7. The molecule has 10 heteroatoms. The zero-order chi connectivity index (χ0) is 46.3. The summed E-state index contributed by atoms with van der Waals surface area (Å²) in [5, 5.41) is 10.4. The predicted octanol–water partition coefficient (Wildman–Crippen LogP) is 18.4. The van der Waals surface area contributed by atoms with Crippen LogP contribution in [0.3, 0.4) is 0 Å². The molecule has 0 N–H and O–H groups in total. The van der Waals surface area contributed by atoms with E-state index >= 15 is 0 Å². The Bertz CT molecular complexity index is 3410. The molecule has 9 aromatic carbocycles. The van der Waals surface area contributed by atoms with Crippen molar-refractivity contribution in [2.24, 2.45) is 0 Å². The lowest BCUT2D eigenvalue weighted by Crippen LogP contribution is -2.27. The number of aromatic nitrogens is 1. The molecule has 0 unspecified atom stereocenters. The highest BCUT2D eigenvalue weighted by molar-refractivity contribution is 8.00. The van der Waals surface area contributed by atoms with Crippen LogP contribution in [0.2, 0.25) is 0 Å². The van der Waals surface area contributed by atoms with Gasteiger partial charge in [-0.1, -0.05) is 156 Å². The van der Waals surface area contributed by atoms with E-state index in [1.807, 2.05) is 12.1 Å². The van der Waals surface area contributed by atoms with E-state index in [0.29, 0.717) is 5.56 Å². The lowest BCUT2D eigenvalue weighted by atomic mass is 9.96. The molecule has 0 saturated heterocycles. The number of nitriles is 1. The molecule has 0 spiro atoms. The summed E-state index contributed by atoms with van der Waals surface area (Å²) in [4.78, 5) is 25.2. The molecule has 0 radical (unpaired) electrons. The third-order valence-corrected chi connectivity index (χ3v) is 17.5. The van der Waals surface area contributed by atoms with Crippen LogP contribution in [0.1, 0.15) is 5.56 Å². The van der Waals surface area contributed by atoms with Gasteiger partial charge >= 0.3 is 0 Å². The van der Waals surface area contributed by atoms with Crippen molar-refractivity contribution < 1.29 is 0 Å². The van der Waals surface area contributed by atoms with Crippen molar-refractivity contribution in [2.75, 3.05) is 19.6 Å². The number of hydrogen-bond donors (Lipinski definition) is 0. The van der Waals surface area contributed by atoms with Crippen molar-refractivity contribution in [1.82, 2.24) is 4.98 Å². The van der Waals surface area contributed by atoms with Gasteiger partial charge in [-0.15, -0.1) is 0 Å². The zero-order valence-corrected chi connectivity index (χ0v) is 40.4. The molecule has 0 bridgehead atoms. The number of fused-ring (bicyclic) bond motifs is 8. The second kappa shape index (κ2) is 16.7. The standard InChI is InChI=1S/C60H36N6S4/c61-37-38-33-35-39(36-34-38)56-57(63-40-17-1-9-25-48(40)67-49-26-10-2-18-41(49)63)59(65-44-21-5-13-29-52(44)69-53-30-14-6-22-45(53)65)62-60(66-46-23-7-15-31-54(46)70-55-32-16-8-24-47(55)66)58(56)64-42-19-3-11-27-50(42)68-51-28-12-4-20-43(51)64/h1-36H. The van der Waals surface area contributed by atoms with Gasteiger partial charge in [-0.25, -0.2) is 4.98 Å². The van der Waals surface area contributed by atoms with Gasteiger partial charge in [0, 0.05) is 44.7 Å². The number of rotatable bonds is 5. The first-order valence-electron chi connectivity index (χ1n) is 22.9. The summed E-state index contributed by atoms with van der Waals surface area (Å²) in [5.74, 6) is 1.52. The van der Waals surface area contributed by atoms with Gasteiger partial charge in [-0.05, 0) is 115 Å². The molecule has 5 heterocycles. The quantitative estimate of drug-likeness (QED) is 0.167. The summed E-state index contributed by atoms with van der Waals surface area (Å²) in [6.07, 6.45) is 0. The highest BCUT2D eigenvalue weighted by Gasteiger charge is 2.42. The van der Waals surface area contributed by atoms with Crippen LogP contribution in [0.15, 0.2) is 258 Å². The maximum absolute atomic E-state index is 10.4. The molecular formula is C60H36N6S4. The minimum atomic E-state index is 0.586. The fraction of sp³-hybridized carbons (Fsp3) is 0. The molecule has 330 valence electrons. The molecule has 1 aromatic heterocycles. The first kappa shape index (κ1) is 41.2. The number of para-hydroxylation sites is 8. The lowest BCUT2D eigenvalue weighted by molar-refractivity contribution is 1.04. The molecule has 4 aliphatic heterocycles. The van der Waals surface area contributed by atoms with Gasteiger partial charge in [0.2, 0.25) is 0 Å². The number of hydrogen-bond acceptors (Lipinski definition) is 10. The molecular weight excluding hydrogens is 933 g/mol. The van der Waals surface area contributed by atoms with E-state index in [2.05, 4.69) is 232 Å². The molecule has 0 amide bonds. The average Bonchev–Trinajstić information content (AvgIpc) is 3.42. The topological polar surface area (TPSA) is 49.6 Å². The smallest absolute Gasteiger partial charge is 0.165 e. The Hall–Kier alpha value is -7.78. The van der Waals surface area contributed by atoms with Crippen LogP contribution in [0.25, 0.3) is 11.1 Å². The summed E-state index contributed by atoms with van der Waals surface area (Å²) >= 11 is 7.16. The molecule has 70 heavy (non-hydrogen) atoms. The highest BCUT2D eigenvalue weighted by atomic mass is 32.2. The largest absolute Gasteiger partial charge is 0.304 e. The van der Waals surface area contributed by atoms with Gasteiger partial charge < -0.3 is 9.80 Å². The van der Waals surface area contributed by atoms with Gasteiger partial charge in [-0.2, -0.15) is 5.26 Å². The molecule has 0 aliphatic carbocycles. The molecule has 6 nitrogen and oxygen atoms in total. The van der Waals surface area contributed by atoms with Crippen LogP contribution < -0.4 is 19.6 Å². The Labute approximate surface area is 422 Å². The Balaban J connectivity index is 1.24. The van der Waals surface area contributed by atoms with E-state index in [-0.39, 0.29) is 0 Å². The maximum atomic E-state index is 10.4. The predicted molar refractivity (Wildman–Crippen MR) is 290 cm³/mol. The molecule has 0 fully saturated rings. The third-order valence-electron chi connectivity index (χ3n) is 13.0. The fourth-order valence-corrected chi connectivity index (χ4v) is 14.3. The highest BCUT2D eigenvalue weighted by Crippen LogP contribution is 2.65. The SMILES string of the molecule is N#Cc1ccc(-c2c(N3c4ccccc4Sc4ccccc43)c(N3c4ccccc4Sc4ccccc43)nc(N3c4ccccc4Sc4ccccc43)c2N2c3ccccc3Sc3ccccc32)cc1. The van der Waals surface area contributed by atoms with E-state index in [4.69, 9.17) is 4.98 Å². The summed E-state index contributed by atoms with van der Waals surface area (Å²) in [5.41, 5.74) is 12.7. The summed E-state index contributed by atoms with van der Waals surface area (Å²) < 4.78 is 0. The lowest BCUT2D eigenvalue weighted by Gasteiger charge is -2.43. The zero-order valence-electron chi connectivity index (χ0n) is 37.1. The number of anilines is 12. The Morgan fingerprint density at radius 3 is 0.800 bits per heavy atom. The van der Waals surface area contributed by atoms with Gasteiger partial charge in [0.05, 0.1) is 57.1 Å². The first-order valence-corrected chi connectivity index (χ1v) is 26.2. The Kier molecular flexibility index (Phi) is 9.85. The monoisotopic (exact) mass is 968 g/mol. The van der Waals surface area contributed by atoms with E-state index in [0.717, 1.165) is 119 Å². The molecule has 14 rings (SSSR count). The van der Waals surface area contributed by atoms with E-state index < -0.39 is 0 Å². The average molecular weight is 969 g/mol. The van der Waals surface area contributed by atoms with Crippen molar-refractivity contribution in [3.8, 4) is 17.2 Å². The summed E-state index contributed by atoms with van der Waals surface area (Å²) in [7, 11) is 0. The second-order valence-electron chi connectivity index (χ2n) is 17.0. The number of benzene rings is 9. The van der Waals surface area contributed by atoms with E-state index in [1.54, 1.807) is 47.0 Å². The van der Waals surface area contributed by atoms with Crippen LogP contribution in [0.5, 0.6) is 0 Å². The third kappa shape index (κ3) is 6.50. The minimum absolute atomic E-state index is 0.586. The van der Waals surface area contributed by atoms with Crippen LogP contribution in [0, 0.1) is 11.3 Å². The molecule has 0 atom stereocenters. The van der Waals surface area contributed by atoms with Crippen LogP contribution in [-0.2, 0) is 0 Å². The van der Waals surface area contributed by atoms with Crippen molar-refractivity contribution >= 4 is 116 Å². The van der Waals surface area contributed by atoms with Crippen molar-refractivity contribution in [2.45, 2.75) is 39.2 Å². The van der Waals surface area contributed by atoms with Crippen LogP contribution in [0.4, 0.5) is 68.5 Å². The van der Waals surface area contributed by atoms with Gasteiger partial charge in [-0.3, -0.25) is 9.80 Å². The van der Waals surface area contributed by atoms with Gasteiger partial charge in [0.15, 0.2) is 11.6 Å². The van der Waals surface area contributed by atoms with Gasteiger partial charge in [0.1, 0.15) is 11.4 Å². The van der Waals surface area contributed by atoms with E-state index in [9.17, 15) is 5.26 Å². The maximum Gasteiger partial charge on any atom is 0.165 e. The second-order valence-corrected chi connectivity index (χ2v) is 21.3.